The zero-order valence-corrected chi connectivity index (χ0v) is 22.1. The number of nitrogens with zero attached hydrogens (tertiary/aromatic N) is 5. The molecule has 0 fully saturated rings. The Bertz CT molecular complexity index is 1510. The number of carbonyl (C=O) groups excluding carboxylic acids is 1. The maximum Gasteiger partial charge on any atom is 0.358 e. The van der Waals surface area contributed by atoms with Crippen LogP contribution < -0.4 is 5.32 Å². The van der Waals surface area contributed by atoms with Gasteiger partial charge >= 0.3 is 5.97 Å². The monoisotopic (exact) mass is 521 g/mol. The van der Waals surface area contributed by atoms with Crippen LogP contribution in [-0.2, 0) is 24.2 Å². The molecule has 0 radical (unpaired) electrons. The van der Waals surface area contributed by atoms with Gasteiger partial charge in [-0.15, -0.1) is 10.2 Å². The molecular weight excluding hydrogens is 490 g/mol. The molecule has 0 amide bonds. The van der Waals surface area contributed by atoms with Crippen LogP contribution in [0.1, 0.15) is 47.2 Å². The van der Waals surface area contributed by atoms with Crippen molar-refractivity contribution in [1.29, 1.82) is 0 Å². The number of nitrogens with one attached hydrogen (secondary N) is 2. The van der Waals surface area contributed by atoms with Gasteiger partial charge in [0.05, 0.1) is 7.11 Å². The van der Waals surface area contributed by atoms with Crippen LogP contribution in [-0.4, -0.2) is 43.3 Å². The minimum atomic E-state index is -0.411. The van der Waals surface area contributed by atoms with Gasteiger partial charge in [-0.25, -0.2) is 9.78 Å². The van der Waals surface area contributed by atoms with E-state index in [0.29, 0.717) is 30.4 Å². The van der Waals surface area contributed by atoms with Crippen molar-refractivity contribution in [2.75, 3.05) is 12.4 Å². The molecule has 0 atom stereocenters. The van der Waals surface area contributed by atoms with Crippen molar-refractivity contribution < 1.29 is 9.53 Å². The number of imidazole rings is 1. The van der Waals surface area contributed by atoms with Crippen molar-refractivity contribution in [3.8, 4) is 22.5 Å². The second-order valence-electron chi connectivity index (χ2n) is 9.22. The minimum absolute atomic E-state index is 0.411. The average Bonchev–Trinajstić information content (AvgIpc) is 3.64. The molecule has 0 aliphatic rings. The maximum absolute atomic E-state index is 13.0. The third-order valence-corrected chi connectivity index (χ3v) is 6.60. The van der Waals surface area contributed by atoms with Crippen LogP contribution >= 0.6 is 0 Å². The molecule has 5 rings (SSSR count). The highest BCUT2D eigenvalue weighted by atomic mass is 16.5. The molecule has 2 N–H and O–H groups in total. The third kappa shape index (κ3) is 5.87. The van der Waals surface area contributed by atoms with Crippen molar-refractivity contribution in [1.82, 2.24) is 30.2 Å². The fraction of sp³-hybridized carbons (Fsp3) is 0.233. The number of ether oxygens (including phenoxy) is 1. The number of unbranched alkanes of at least 4 members (excludes halogenated alkanes) is 1. The summed E-state index contributed by atoms with van der Waals surface area (Å²) in [6.07, 6.45) is 2.77. The van der Waals surface area contributed by atoms with E-state index in [2.05, 4.69) is 57.1 Å². The molecule has 0 aliphatic heterocycles. The number of tetrazole rings is 1. The summed E-state index contributed by atoms with van der Waals surface area (Å²) in [6, 6.07) is 26.3. The number of benzene rings is 3. The lowest BCUT2D eigenvalue weighted by Crippen LogP contribution is -2.15. The van der Waals surface area contributed by atoms with E-state index in [4.69, 9.17) is 9.72 Å². The number of aromatic amines is 1. The number of anilines is 1. The van der Waals surface area contributed by atoms with Crippen LogP contribution in [0.25, 0.3) is 22.5 Å². The van der Waals surface area contributed by atoms with Gasteiger partial charge < -0.3 is 14.6 Å². The number of aromatic nitrogens is 6. The first-order valence-electron chi connectivity index (χ1n) is 13.1. The lowest BCUT2D eigenvalue weighted by atomic mass is 9.98. The van der Waals surface area contributed by atoms with Gasteiger partial charge in [0, 0.05) is 25.1 Å². The molecule has 0 unspecified atom stereocenters. The molecule has 0 bridgehead atoms. The molecule has 0 saturated carbocycles. The van der Waals surface area contributed by atoms with Gasteiger partial charge in [-0.3, -0.25) is 0 Å². The molecule has 2 heterocycles. The summed E-state index contributed by atoms with van der Waals surface area (Å²) in [7, 11) is 1.41. The van der Waals surface area contributed by atoms with Crippen molar-refractivity contribution in [2.45, 2.75) is 39.3 Å². The van der Waals surface area contributed by atoms with E-state index in [1.165, 1.54) is 7.11 Å². The summed E-state index contributed by atoms with van der Waals surface area (Å²) >= 11 is 0. The fourth-order valence-electron chi connectivity index (χ4n) is 4.58. The molecule has 9 nitrogen and oxygen atoms in total. The standard InChI is InChI=1S/C30H31N7O2/c1-3-4-14-26-32-29(31-19-21-10-6-5-7-11-21)27(30(38)39-2)37(26)20-22-15-17-23(18-16-22)24-12-8-9-13-25(24)28-33-35-36-34-28/h5-13,15-18,31H,3-4,14,19-20H2,1-2H3,(H,33,34,35,36). The maximum atomic E-state index is 13.0. The lowest BCUT2D eigenvalue weighted by molar-refractivity contribution is 0.0589. The Morgan fingerprint density at radius 3 is 2.38 bits per heavy atom. The SMILES string of the molecule is CCCCc1nc(NCc2ccccc2)c(C(=O)OC)n1Cc1ccc(-c2ccccc2-c2nn[nH]n2)cc1. The Balaban J connectivity index is 1.45. The van der Waals surface area contributed by atoms with Crippen LogP contribution in [0, 0.1) is 0 Å². The summed E-state index contributed by atoms with van der Waals surface area (Å²) in [4.78, 5) is 17.9. The van der Waals surface area contributed by atoms with E-state index in [1.54, 1.807) is 0 Å². The van der Waals surface area contributed by atoms with E-state index in [0.717, 1.165) is 52.9 Å². The molecule has 198 valence electrons. The third-order valence-electron chi connectivity index (χ3n) is 6.60. The molecule has 39 heavy (non-hydrogen) atoms. The number of esters is 1. The van der Waals surface area contributed by atoms with E-state index in [1.807, 2.05) is 59.2 Å². The van der Waals surface area contributed by atoms with E-state index in [-0.39, 0.29) is 0 Å². The number of H-pyrrole nitrogens is 1. The normalized spacial score (nSPS) is 10.9. The zero-order chi connectivity index (χ0) is 27.0. The van der Waals surface area contributed by atoms with Gasteiger partial charge in [0.25, 0.3) is 0 Å². The zero-order valence-electron chi connectivity index (χ0n) is 22.1. The predicted octanol–water partition coefficient (Wildman–Crippen LogP) is 5.52. The van der Waals surface area contributed by atoms with Gasteiger partial charge in [0.1, 0.15) is 5.82 Å². The predicted molar refractivity (Wildman–Crippen MR) is 150 cm³/mol. The van der Waals surface area contributed by atoms with Crippen LogP contribution in [0.4, 0.5) is 5.82 Å². The molecular formula is C30H31N7O2. The topological polar surface area (TPSA) is 111 Å². The van der Waals surface area contributed by atoms with Crippen LogP contribution in [0.5, 0.6) is 0 Å². The molecule has 0 aliphatic carbocycles. The van der Waals surface area contributed by atoms with Crippen LogP contribution in [0.2, 0.25) is 0 Å². The smallest absolute Gasteiger partial charge is 0.358 e. The van der Waals surface area contributed by atoms with Crippen molar-refractivity contribution in [3.05, 3.63) is 102 Å². The number of methoxy groups -OCH3 is 1. The molecule has 2 aromatic heterocycles. The second kappa shape index (κ2) is 12.2. The van der Waals surface area contributed by atoms with E-state index >= 15 is 0 Å². The number of hydrogen-bond donors (Lipinski definition) is 2. The first kappa shape index (κ1) is 25.8. The molecule has 3 aromatic carbocycles. The molecule has 0 saturated heterocycles. The largest absolute Gasteiger partial charge is 0.464 e. The quantitative estimate of drug-likeness (QED) is 0.220. The average molecular weight is 522 g/mol. The second-order valence-corrected chi connectivity index (χ2v) is 9.22. The van der Waals surface area contributed by atoms with Gasteiger partial charge in [-0.05, 0) is 33.9 Å². The fourth-order valence-corrected chi connectivity index (χ4v) is 4.58. The Morgan fingerprint density at radius 2 is 1.69 bits per heavy atom. The van der Waals surface area contributed by atoms with Crippen molar-refractivity contribution in [3.63, 3.8) is 0 Å². The summed E-state index contributed by atoms with van der Waals surface area (Å²) in [5, 5.41) is 17.9. The first-order chi connectivity index (χ1) is 19.2. The number of carbonyl (C=O) groups is 1. The summed E-state index contributed by atoms with van der Waals surface area (Å²) in [6.45, 7) is 3.20. The highest BCUT2D eigenvalue weighted by Crippen LogP contribution is 2.30. The van der Waals surface area contributed by atoms with Crippen molar-refractivity contribution in [2.24, 2.45) is 0 Å². The lowest BCUT2D eigenvalue weighted by Gasteiger charge is -2.13. The molecule has 5 aromatic rings. The summed E-state index contributed by atoms with van der Waals surface area (Å²) < 4.78 is 7.17. The summed E-state index contributed by atoms with van der Waals surface area (Å²) in [5.74, 6) is 1.54. The first-order valence-corrected chi connectivity index (χ1v) is 13.1. The highest BCUT2D eigenvalue weighted by Gasteiger charge is 2.24. The minimum Gasteiger partial charge on any atom is -0.464 e. The van der Waals surface area contributed by atoms with Gasteiger partial charge in [0.2, 0.25) is 5.82 Å². The Kier molecular flexibility index (Phi) is 8.06. The Hall–Kier alpha value is -4.79. The van der Waals surface area contributed by atoms with E-state index in [9.17, 15) is 4.79 Å². The Morgan fingerprint density at radius 1 is 0.949 bits per heavy atom. The molecule has 0 spiro atoms. The number of aryl methyl sites for hydroxylation is 1. The van der Waals surface area contributed by atoms with Gasteiger partial charge in [-0.1, -0.05) is 92.2 Å². The number of rotatable bonds is 11. The number of hydrogen-bond acceptors (Lipinski definition) is 7. The highest BCUT2D eigenvalue weighted by molar-refractivity contribution is 5.93. The van der Waals surface area contributed by atoms with E-state index < -0.39 is 5.97 Å². The van der Waals surface area contributed by atoms with Crippen LogP contribution in [0.15, 0.2) is 78.9 Å². The van der Waals surface area contributed by atoms with Crippen LogP contribution in [0.3, 0.4) is 0 Å². The summed E-state index contributed by atoms with van der Waals surface area (Å²) in [5.41, 5.74) is 5.54. The van der Waals surface area contributed by atoms with Gasteiger partial charge in [-0.2, -0.15) is 5.21 Å². The van der Waals surface area contributed by atoms with Crippen molar-refractivity contribution >= 4 is 11.8 Å². The molecule has 9 heteroatoms. The Labute approximate surface area is 227 Å². The van der Waals surface area contributed by atoms with Gasteiger partial charge in [0.15, 0.2) is 11.5 Å².